The zero-order valence-corrected chi connectivity index (χ0v) is 56.1. The monoisotopic (exact) mass is 1200 g/mol. The van der Waals surface area contributed by atoms with Gasteiger partial charge in [-0.15, -0.1) is 0 Å². The average molecular weight is 1200 g/mol. The Bertz CT molecular complexity index is 3800. The van der Waals surface area contributed by atoms with Gasteiger partial charge >= 0.3 is 205 Å². The molecule has 0 amide bonds. The van der Waals surface area contributed by atoms with Crippen LogP contribution in [0.3, 0.4) is 0 Å². The molecule has 8 nitrogen and oxygen atoms in total. The second-order valence-corrected chi connectivity index (χ2v) is 29.7. The topological polar surface area (TPSA) is 95.8 Å². The molecule has 9 aromatic rings. The molecule has 0 aliphatic rings. The first-order valence-electron chi connectivity index (χ1n) is 30.8. The maximum absolute atomic E-state index is 12.6. The van der Waals surface area contributed by atoms with Crippen molar-refractivity contribution in [1.29, 1.82) is 0 Å². The molecule has 9 heteroatoms. The van der Waals surface area contributed by atoms with E-state index in [0.29, 0.717) is 23.2 Å². The Morgan fingerprint density at radius 1 is 0.420 bits per heavy atom. The van der Waals surface area contributed by atoms with E-state index in [1.54, 1.807) is 18.2 Å². The van der Waals surface area contributed by atoms with Crippen LogP contribution in [-0.2, 0) is 29.6 Å². The van der Waals surface area contributed by atoms with Crippen LogP contribution in [0.25, 0.3) is 0 Å². The summed E-state index contributed by atoms with van der Waals surface area (Å²) in [5.74, 6) is 5.64. The molecule has 2 N–H and O–H groups in total. The Morgan fingerprint density at radius 3 is 1.20 bits per heavy atom. The van der Waals surface area contributed by atoms with Crippen LogP contribution in [0.5, 0.6) is 46.0 Å². The summed E-state index contributed by atoms with van der Waals surface area (Å²) in [7, 11) is -3.55. The summed E-state index contributed by atoms with van der Waals surface area (Å²) in [6.45, 7) is 38.9. The molecule has 0 radical (unpaired) electrons. The molecule has 0 heterocycles. The van der Waals surface area contributed by atoms with E-state index in [2.05, 4.69) is 185 Å². The van der Waals surface area contributed by atoms with Gasteiger partial charge in [0.2, 0.25) is 0 Å². The molecule has 0 unspecified atom stereocenters. The van der Waals surface area contributed by atoms with Crippen LogP contribution in [0.4, 0.5) is 0 Å². The summed E-state index contributed by atoms with van der Waals surface area (Å²) in [5.41, 5.74) is 13.4. The second kappa shape index (κ2) is 25.6. The van der Waals surface area contributed by atoms with E-state index in [1.165, 1.54) is 11.1 Å². The third-order valence-corrected chi connectivity index (χ3v) is 20.5. The van der Waals surface area contributed by atoms with Gasteiger partial charge in [-0.3, -0.25) is 0 Å². The van der Waals surface area contributed by atoms with E-state index in [9.17, 15) is 10.00 Å². The molecule has 0 bridgehead atoms. The number of phenolic OH excluding ortho intramolecular Hbond substituents is 1. The molecule has 9 aromatic carbocycles. The summed E-state index contributed by atoms with van der Waals surface area (Å²) < 4.78 is 39.8. The van der Waals surface area contributed by atoms with Gasteiger partial charge in [0.15, 0.2) is 0 Å². The van der Waals surface area contributed by atoms with Crippen LogP contribution in [0.15, 0.2) is 176 Å². The molecule has 0 saturated carbocycles. The van der Waals surface area contributed by atoms with E-state index in [0.717, 1.165) is 106 Å². The summed E-state index contributed by atoms with van der Waals surface area (Å²) >= 11 is 0. The van der Waals surface area contributed by atoms with Gasteiger partial charge in [0.25, 0.3) is 0 Å². The van der Waals surface area contributed by atoms with Crippen LogP contribution < -0.4 is 44.3 Å². The smallest absolute Gasteiger partial charge is 0.490 e. The van der Waals surface area contributed by atoms with E-state index >= 15 is 0 Å². The molecule has 0 atom stereocenters. The van der Waals surface area contributed by atoms with Gasteiger partial charge in [-0.2, -0.15) is 0 Å². The molecule has 0 saturated heterocycles. The standard InChI is InChI=1S/C79H91O8P/c1-50(2)83-72-51(3)43-63(44-52(72)4)78(15,16)86-74-53(5)39-61(40-54(74)6)77(13,14)62-41-55(7)75(56(8)42-62)87-79(17,18)64-45-57(9)73(58(10)46-64)85-76(11,12)48-59-29-34-66(35-30-59)84-67-36-31-60(32-37-67)49-82-70-38-33-65(80)47-71(70)88(81,68-25-21-19-22-26-68)69-27-23-20-24-28-69/h19-47,50,80-81,88H,48-49H2,1-18H3. The minimum absolute atomic E-state index is 0.0630. The fourth-order valence-corrected chi connectivity index (χ4v) is 15.3. The van der Waals surface area contributed by atoms with Crippen LogP contribution in [0, 0.1) is 55.4 Å². The Kier molecular flexibility index (Phi) is 18.7. The van der Waals surface area contributed by atoms with Crippen molar-refractivity contribution in [2.24, 2.45) is 0 Å². The SMILES string of the molecule is Cc1cc(C(C)(C)Oc2c(C)cc(C(C)(C)c3cc(C)c(OC(C)(C)c4cc(C)c(OC(C)(C)Cc5ccc(Oc6ccc(COc7ccc(O)cc7[PH](O)(c7ccccc7)c7ccccc7)cc6)cc5)c(C)c4)c(C)c3)cc2C)cc(C)c1OC(C)C. The first-order valence-corrected chi connectivity index (χ1v) is 32.7. The van der Waals surface area contributed by atoms with E-state index in [1.807, 2.05) is 97.1 Å². The summed E-state index contributed by atoms with van der Waals surface area (Å²) in [4.78, 5) is 12.6. The number of aryl methyl sites for hydroxylation is 8. The molecular weight excluding hydrogens is 1110 g/mol. The number of ether oxygens (including phenoxy) is 6. The Labute approximate surface area is 524 Å². The van der Waals surface area contributed by atoms with Gasteiger partial charge in [0.05, 0.1) is 6.10 Å². The number of benzene rings is 9. The second-order valence-electron chi connectivity index (χ2n) is 26.6. The normalized spacial score (nSPS) is 12.5. The zero-order chi connectivity index (χ0) is 63.7. The van der Waals surface area contributed by atoms with Gasteiger partial charge in [0.1, 0.15) is 39.8 Å². The van der Waals surface area contributed by atoms with Gasteiger partial charge in [0, 0.05) is 11.8 Å². The molecule has 0 spiro atoms. The predicted octanol–water partition coefficient (Wildman–Crippen LogP) is 18.3. The molecule has 0 fully saturated rings. The fourth-order valence-electron chi connectivity index (χ4n) is 12.1. The number of hydrogen-bond acceptors (Lipinski definition) is 8. The quantitative estimate of drug-likeness (QED) is 0.0648. The van der Waals surface area contributed by atoms with Crippen molar-refractivity contribution >= 4 is 23.4 Å². The van der Waals surface area contributed by atoms with Crippen LogP contribution in [-0.4, -0.2) is 21.7 Å². The Hall–Kier alpha value is -8.03. The van der Waals surface area contributed by atoms with Gasteiger partial charge < -0.3 is 18.9 Å². The van der Waals surface area contributed by atoms with Crippen LogP contribution in [0.2, 0.25) is 0 Å². The number of rotatable bonds is 22. The molecule has 0 aliphatic carbocycles. The van der Waals surface area contributed by atoms with Crippen molar-refractivity contribution in [2.75, 3.05) is 0 Å². The number of phenols is 1. The van der Waals surface area contributed by atoms with E-state index in [-0.39, 0.29) is 23.9 Å². The summed E-state index contributed by atoms with van der Waals surface area (Å²) in [6.07, 6.45) is 0.791. The molecule has 460 valence electrons. The number of aromatic hydroxyl groups is 1. The number of hydrogen-bond donors (Lipinski definition) is 2. The van der Waals surface area contributed by atoms with Crippen molar-refractivity contribution in [3.63, 3.8) is 0 Å². The molecule has 9 rings (SSSR count). The minimum atomic E-state index is -3.55. The molecular formula is C79H91O8P. The molecule has 0 aromatic heterocycles. The van der Waals surface area contributed by atoms with Crippen LogP contribution >= 0.6 is 7.49 Å². The van der Waals surface area contributed by atoms with Crippen molar-refractivity contribution in [3.05, 3.63) is 254 Å². The Morgan fingerprint density at radius 2 is 0.795 bits per heavy atom. The first-order chi connectivity index (χ1) is 41.4. The summed E-state index contributed by atoms with van der Waals surface area (Å²) in [5, 5.41) is 12.8. The van der Waals surface area contributed by atoms with E-state index in [4.69, 9.17) is 28.4 Å². The summed E-state index contributed by atoms with van der Waals surface area (Å²) in [6, 6.07) is 58.2. The predicted molar refractivity (Wildman–Crippen MR) is 365 cm³/mol. The van der Waals surface area contributed by atoms with Crippen LogP contribution in [0.1, 0.15) is 147 Å². The molecule has 0 aliphatic heterocycles. The van der Waals surface area contributed by atoms with Crippen molar-refractivity contribution < 1.29 is 38.4 Å². The van der Waals surface area contributed by atoms with Crippen molar-refractivity contribution in [3.8, 4) is 46.0 Å². The zero-order valence-electron chi connectivity index (χ0n) is 55.1. The third kappa shape index (κ3) is 14.3. The molecule has 88 heavy (non-hydrogen) atoms. The third-order valence-electron chi connectivity index (χ3n) is 17.0. The minimum Gasteiger partial charge on any atom is -0.490 e. The average Bonchev–Trinajstić information content (AvgIpc) is 1.01. The fraction of sp³-hybridized carbons (Fsp3) is 0.316. The van der Waals surface area contributed by atoms with E-state index < -0.39 is 24.3 Å². The van der Waals surface area contributed by atoms with Gasteiger partial charge in [-0.1, -0.05) is 38.1 Å². The Balaban J connectivity index is 0.814. The maximum atomic E-state index is 12.6. The first kappa shape index (κ1) is 64.4. The van der Waals surface area contributed by atoms with Crippen molar-refractivity contribution in [1.82, 2.24) is 0 Å². The van der Waals surface area contributed by atoms with Gasteiger partial charge in [-0.25, -0.2) is 0 Å². The van der Waals surface area contributed by atoms with Gasteiger partial charge in [-0.05, 0) is 207 Å². The van der Waals surface area contributed by atoms with Crippen molar-refractivity contribution in [2.45, 2.75) is 166 Å².